The van der Waals surface area contributed by atoms with E-state index in [0.29, 0.717) is 28.7 Å². The molecule has 0 aliphatic carbocycles. The third-order valence-electron chi connectivity index (χ3n) is 5.74. The zero-order valence-electron chi connectivity index (χ0n) is 19.5. The summed E-state index contributed by atoms with van der Waals surface area (Å²) in [6.45, 7) is 2.97. The van der Waals surface area contributed by atoms with Gasteiger partial charge in [-0.2, -0.15) is 0 Å². The Balaban J connectivity index is 2.23. The van der Waals surface area contributed by atoms with Crippen molar-refractivity contribution in [3.63, 3.8) is 0 Å². The highest BCUT2D eigenvalue weighted by atomic mass is 16.4. The van der Waals surface area contributed by atoms with Crippen molar-refractivity contribution in [3.8, 4) is 11.5 Å². The molecule has 9 heteroatoms. The van der Waals surface area contributed by atoms with E-state index in [9.17, 15) is 40.2 Å². The fraction of sp³-hybridized carbons (Fsp3) is 0.440. The van der Waals surface area contributed by atoms with Crippen LogP contribution in [-0.2, 0) is 35.8 Å². The molecule has 34 heavy (non-hydrogen) atoms. The number of aliphatic hydroxyl groups excluding tert-OH is 2. The lowest BCUT2D eigenvalue weighted by Gasteiger charge is -2.25. The Morgan fingerprint density at radius 1 is 0.824 bits per heavy atom. The number of aryl methyl sites for hydroxylation is 2. The number of rotatable bonds is 13. The van der Waals surface area contributed by atoms with E-state index in [-0.39, 0.29) is 57.2 Å². The van der Waals surface area contributed by atoms with E-state index in [0.717, 1.165) is 11.1 Å². The molecular weight excluding hydrogens is 442 g/mol. The molecule has 0 saturated heterocycles. The minimum absolute atomic E-state index is 0.0629. The molecule has 0 spiro atoms. The van der Waals surface area contributed by atoms with Gasteiger partial charge in [-0.3, -0.25) is 14.5 Å². The number of carboxylic acids is 2. The minimum Gasteiger partial charge on any atom is -0.507 e. The van der Waals surface area contributed by atoms with Gasteiger partial charge in [0.2, 0.25) is 0 Å². The van der Waals surface area contributed by atoms with E-state index < -0.39 is 17.9 Å². The second-order valence-corrected chi connectivity index (χ2v) is 8.74. The van der Waals surface area contributed by atoms with Crippen molar-refractivity contribution in [1.82, 2.24) is 4.90 Å². The maximum Gasteiger partial charge on any atom is 0.317 e. The third kappa shape index (κ3) is 7.72. The van der Waals surface area contributed by atoms with Crippen molar-refractivity contribution in [2.24, 2.45) is 5.92 Å². The third-order valence-corrected chi connectivity index (χ3v) is 5.74. The van der Waals surface area contributed by atoms with Gasteiger partial charge < -0.3 is 30.6 Å². The van der Waals surface area contributed by atoms with Crippen LogP contribution in [0, 0.1) is 19.8 Å². The molecule has 0 aromatic heterocycles. The maximum atomic E-state index is 11.5. The number of phenols is 2. The molecule has 1 unspecified atom stereocenters. The molecule has 0 fully saturated rings. The zero-order valence-corrected chi connectivity index (χ0v) is 19.5. The summed E-state index contributed by atoms with van der Waals surface area (Å²) < 4.78 is 0. The lowest BCUT2D eigenvalue weighted by atomic mass is 9.90. The number of hydrogen-bond acceptors (Lipinski definition) is 7. The molecule has 0 aliphatic heterocycles. The normalized spacial score (nSPS) is 12.1. The molecule has 186 valence electrons. The van der Waals surface area contributed by atoms with Gasteiger partial charge in [-0.15, -0.1) is 0 Å². The molecule has 2 aromatic carbocycles. The lowest BCUT2D eigenvalue weighted by molar-refractivity contribution is -0.140. The number of nitrogens with zero attached hydrogens (tertiary/aromatic N) is 1. The van der Waals surface area contributed by atoms with Crippen molar-refractivity contribution in [2.75, 3.05) is 13.1 Å². The molecule has 0 aliphatic rings. The smallest absolute Gasteiger partial charge is 0.317 e. The summed E-state index contributed by atoms with van der Waals surface area (Å²) in [6, 6.07) is 6.78. The molecule has 9 nitrogen and oxygen atoms in total. The van der Waals surface area contributed by atoms with Gasteiger partial charge in [0, 0.05) is 29.7 Å². The quantitative estimate of drug-likeness (QED) is 0.256. The largest absolute Gasteiger partial charge is 0.507 e. The number of aromatic hydroxyl groups is 2. The van der Waals surface area contributed by atoms with E-state index in [1.807, 2.05) is 13.8 Å². The highest BCUT2D eigenvalue weighted by Gasteiger charge is 2.21. The van der Waals surface area contributed by atoms with Crippen LogP contribution >= 0.6 is 0 Å². The molecule has 6 N–H and O–H groups in total. The Hall–Kier alpha value is -3.14. The number of hydrogen-bond donors (Lipinski definition) is 6. The predicted octanol–water partition coefficient (Wildman–Crippen LogP) is 2.31. The van der Waals surface area contributed by atoms with Crippen molar-refractivity contribution in [1.29, 1.82) is 0 Å². The van der Waals surface area contributed by atoms with Crippen LogP contribution in [0.3, 0.4) is 0 Å². The SMILES string of the molecule is Cc1cc(CO)c(O)c(CC(CCN(CC(=O)O)Cc2cc(C)cc(CO)c2O)CC(=O)O)c1. The van der Waals surface area contributed by atoms with Crippen LogP contribution in [-0.4, -0.2) is 60.6 Å². The summed E-state index contributed by atoms with van der Waals surface area (Å²) in [4.78, 5) is 24.5. The lowest BCUT2D eigenvalue weighted by Crippen LogP contribution is -2.32. The number of aliphatic carboxylic acids is 2. The molecule has 2 rings (SSSR count). The number of carboxylic acid groups (broad SMARTS) is 2. The average molecular weight is 476 g/mol. The second kappa shape index (κ2) is 12.4. The van der Waals surface area contributed by atoms with Gasteiger partial charge in [-0.1, -0.05) is 35.4 Å². The molecule has 2 aromatic rings. The first-order chi connectivity index (χ1) is 16.0. The van der Waals surface area contributed by atoms with Crippen molar-refractivity contribution < 1.29 is 40.2 Å². The van der Waals surface area contributed by atoms with Gasteiger partial charge >= 0.3 is 11.9 Å². The van der Waals surface area contributed by atoms with E-state index in [1.165, 1.54) is 0 Å². The van der Waals surface area contributed by atoms with Crippen LogP contribution in [0.25, 0.3) is 0 Å². The fourth-order valence-corrected chi connectivity index (χ4v) is 4.23. The summed E-state index contributed by atoms with van der Waals surface area (Å²) in [5.41, 5.74) is 3.36. The summed E-state index contributed by atoms with van der Waals surface area (Å²) in [6.07, 6.45) is 0.409. The van der Waals surface area contributed by atoms with Gasteiger partial charge in [-0.25, -0.2) is 0 Å². The number of aliphatic hydroxyl groups is 2. The molecule has 0 amide bonds. The van der Waals surface area contributed by atoms with Crippen LogP contribution in [0.5, 0.6) is 11.5 Å². The molecule has 0 bridgehead atoms. The Kier molecular flexibility index (Phi) is 9.85. The van der Waals surface area contributed by atoms with Crippen LogP contribution in [0.2, 0.25) is 0 Å². The first-order valence-corrected chi connectivity index (χ1v) is 11.0. The zero-order chi connectivity index (χ0) is 25.4. The molecule has 0 heterocycles. The standard InChI is InChI=1S/C25H33NO8/c1-15-5-18(24(33)20(7-15)13-27)9-17(10-22(29)30)3-4-26(12-23(31)32)11-19-6-16(2)8-21(14-28)25(19)34/h5-8,17,27-28,33-34H,3-4,9-14H2,1-2H3,(H,29,30)(H,31,32). The van der Waals surface area contributed by atoms with E-state index in [2.05, 4.69) is 0 Å². The fourth-order valence-electron chi connectivity index (χ4n) is 4.23. The first kappa shape index (κ1) is 27.1. The Morgan fingerprint density at radius 3 is 1.82 bits per heavy atom. The van der Waals surface area contributed by atoms with Crippen LogP contribution in [0.1, 0.15) is 46.2 Å². The minimum atomic E-state index is -1.06. The van der Waals surface area contributed by atoms with E-state index >= 15 is 0 Å². The van der Waals surface area contributed by atoms with Crippen molar-refractivity contribution in [2.45, 2.75) is 52.9 Å². The van der Waals surface area contributed by atoms with E-state index in [1.54, 1.807) is 29.2 Å². The van der Waals surface area contributed by atoms with Gasteiger partial charge in [0.15, 0.2) is 0 Å². The Labute approximate surface area is 198 Å². The summed E-state index contributed by atoms with van der Waals surface area (Å²) >= 11 is 0. The maximum absolute atomic E-state index is 11.5. The topological polar surface area (TPSA) is 159 Å². The van der Waals surface area contributed by atoms with Crippen molar-refractivity contribution in [3.05, 3.63) is 57.6 Å². The summed E-state index contributed by atoms with van der Waals surface area (Å²) in [5, 5.41) is 58.6. The average Bonchev–Trinajstić information content (AvgIpc) is 2.75. The Morgan fingerprint density at radius 2 is 1.32 bits per heavy atom. The summed E-state index contributed by atoms with van der Waals surface area (Å²) in [7, 11) is 0. The van der Waals surface area contributed by atoms with Gasteiger partial charge in [-0.05, 0) is 44.7 Å². The first-order valence-electron chi connectivity index (χ1n) is 11.0. The van der Waals surface area contributed by atoms with Gasteiger partial charge in [0.1, 0.15) is 11.5 Å². The predicted molar refractivity (Wildman–Crippen MR) is 125 cm³/mol. The van der Waals surface area contributed by atoms with Crippen LogP contribution in [0.4, 0.5) is 0 Å². The molecule has 0 radical (unpaired) electrons. The molecule has 1 atom stereocenters. The Bertz CT molecular complexity index is 939. The molecular formula is C25H33NO8. The van der Waals surface area contributed by atoms with Crippen LogP contribution < -0.4 is 0 Å². The monoisotopic (exact) mass is 475 g/mol. The van der Waals surface area contributed by atoms with Gasteiger partial charge in [0.25, 0.3) is 0 Å². The van der Waals surface area contributed by atoms with Gasteiger partial charge in [0.05, 0.1) is 19.8 Å². The summed E-state index contributed by atoms with van der Waals surface area (Å²) in [5.74, 6) is -2.62. The second-order valence-electron chi connectivity index (χ2n) is 8.74. The van der Waals surface area contributed by atoms with E-state index in [4.69, 9.17) is 0 Å². The molecule has 0 saturated carbocycles. The van der Waals surface area contributed by atoms with Crippen LogP contribution in [0.15, 0.2) is 24.3 Å². The van der Waals surface area contributed by atoms with Crippen molar-refractivity contribution >= 4 is 11.9 Å². The number of carbonyl (C=O) groups is 2. The number of benzene rings is 2. The highest BCUT2D eigenvalue weighted by Crippen LogP contribution is 2.30. The highest BCUT2D eigenvalue weighted by molar-refractivity contribution is 5.69.